The first-order chi connectivity index (χ1) is 7.83. The van der Waals surface area contributed by atoms with Gasteiger partial charge in [-0.25, -0.2) is 0 Å². The van der Waals surface area contributed by atoms with Crippen molar-refractivity contribution in [3.8, 4) is 5.75 Å². The largest absolute Gasteiger partial charge is 0.491 e. The second-order valence-corrected chi connectivity index (χ2v) is 4.24. The van der Waals surface area contributed by atoms with Crippen LogP contribution in [0.25, 0.3) is 0 Å². The number of benzene rings is 1. The Morgan fingerprint density at radius 2 is 2.06 bits per heavy atom. The van der Waals surface area contributed by atoms with Gasteiger partial charge in [0.05, 0.1) is 6.61 Å². The van der Waals surface area contributed by atoms with Crippen LogP contribution >= 0.6 is 0 Å². The monoisotopic (exact) mass is 221 g/mol. The minimum Gasteiger partial charge on any atom is -0.491 e. The van der Waals surface area contributed by atoms with Crippen molar-refractivity contribution in [3.05, 3.63) is 29.8 Å². The summed E-state index contributed by atoms with van der Waals surface area (Å²) in [6, 6.07) is 8.16. The second-order valence-electron chi connectivity index (χ2n) is 4.24. The highest BCUT2D eigenvalue weighted by Gasteiger charge is 2.30. The number of hydrogen-bond acceptors (Lipinski definition) is 3. The molecule has 1 aromatic carbocycles. The summed E-state index contributed by atoms with van der Waals surface area (Å²) in [5, 5.41) is 0. The maximum absolute atomic E-state index is 6.19. The fourth-order valence-electron chi connectivity index (χ4n) is 1.83. The molecule has 1 aliphatic carbocycles. The van der Waals surface area contributed by atoms with Crippen molar-refractivity contribution in [3.63, 3.8) is 0 Å². The standard InChI is InChI=1S/C13H19NO2/c1-15-8-9-16-12-5-3-2-4-11(12)13(14)10-6-7-10/h2-5,10,13H,6-9,14H2,1H3. The summed E-state index contributed by atoms with van der Waals surface area (Å²) in [4.78, 5) is 0. The van der Waals surface area contributed by atoms with Crippen LogP contribution in [-0.2, 0) is 4.74 Å². The Balaban J connectivity index is 2.04. The van der Waals surface area contributed by atoms with Crippen LogP contribution in [0.4, 0.5) is 0 Å². The molecule has 0 aliphatic heterocycles. The predicted octanol–water partition coefficient (Wildman–Crippen LogP) is 2.12. The van der Waals surface area contributed by atoms with Gasteiger partial charge in [-0.05, 0) is 24.8 Å². The minimum absolute atomic E-state index is 0.124. The Morgan fingerprint density at radius 1 is 1.31 bits per heavy atom. The van der Waals surface area contributed by atoms with Gasteiger partial charge < -0.3 is 15.2 Å². The number of hydrogen-bond donors (Lipinski definition) is 1. The molecule has 0 bridgehead atoms. The molecule has 0 radical (unpaired) electrons. The molecule has 1 aromatic rings. The molecule has 1 fully saturated rings. The number of methoxy groups -OCH3 is 1. The van der Waals surface area contributed by atoms with E-state index in [1.807, 2.05) is 18.2 Å². The summed E-state index contributed by atoms with van der Waals surface area (Å²) in [7, 11) is 1.67. The molecule has 3 nitrogen and oxygen atoms in total. The van der Waals surface area contributed by atoms with E-state index in [0.29, 0.717) is 19.1 Å². The molecule has 1 unspecified atom stereocenters. The highest BCUT2D eigenvalue weighted by Crippen LogP contribution is 2.41. The summed E-state index contributed by atoms with van der Waals surface area (Å²) >= 11 is 0. The first-order valence-corrected chi connectivity index (χ1v) is 5.79. The third-order valence-electron chi connectivity index (χ3n) is 2.95. The molecule has 0 amide bonds. The van der Waals surface area contributed by atoms with Gasteiger partial charge in [0, 0.05) is 18.7 Å². The Bertz CT molecular complexity index is 336. The fraction of sp³-hybridized carbons (Fsp3) is 0.538. The quantitative estimate of drug-likeness (QED) is 0.748. The highest BCUT2D eigenvalue weighted by molar-refractivity contribution is 5.36. The van der Waals surface area contributed by atoms with Gasteiger partial charge in [-0.3, -0.25) is 0 Å². The van der Waals surface area contributed by atoms with Crippen molar-refractivity contribution >= 4 is 0 Å². The van der Waals surface area contributed by atoms with Crippen molar-refractivity contribution in [2.45, 2.75) is 18.9 Å². The number of rotatable bonds is 6. The van der Waals surface area contributed by atoms with Crippen molar-refractivity contribution in [2.24, 2.45) is 11.7 Å². The van der Waals surface area contributed by atoms with E-state index in [2.05, 4.69) is 6.07 Å². The predicted molar refractivity (Wildman–Crippen MR) is 63.5 cm³/mol. The van der Waals surface area contributed by atoms with E-state index < -0.39 is 0 Å². The molecule has 0 aromatic heterocycles. The zero-order valence-corrected chi connectivity index (χ0v) is 9.69. The lowest BCUT2D eigenvalue weighted by Crippen LogP contribution is -2.15. The van der Waals surface area contributed by atoms with Gasteiger partial charge in [0.15, 0.2) is 0 Å². The maximum Gasteiger partial charge on any atom is 0.124 e. The summed E-state index contributed by atoms with van der Waals surface area (Å²) in [6.45, 7) is 1.18. The van der Waals surface area contributed by atoms with Crippen LogP contribution in [0.5, 0.6) is 5.75 Å². The second kappa shape index (κ2) is 5.32. The van der Waals surface area contributed by atoms with E-state index in [9.17, 15) is 0 Å². The first-order valence-electron chi connectivity index (χ1n) is 5.79. The van der Waals surface area contributed by atoms with Crippen LogP contribution in [0.15, 0.2) is 24.3 Å². The highest BCUT2D eigenvalue weighted by atomic mass is 16.5. The van der Waals surface area contributed by atoms with Gasteiger partial charge in [-0.1, -0.05) is 18.2 Å². The maximum atomic E-state index is 6.19. The Morgan fingerprint density at radius 3 is 2.75 bits per heavy atom. The van der Waals surface area contributed by atoms with Gasteiger partial charge in [-0.2, -0.15) is 0 Å². The average Bonchev–Trinajstić information content (AvgIpc) is 3.13. The smallest absolute Gasteiger partial charge is 0.124 e. The molecule has 2 N–H and O–H groups in total. The molecule has 0 spiro atoms. The summed E-state index contributed by atoms with van der Waals surface area (Å²) in [6.07, 6.45) is 2.49. The van der Waals surface area contributed by atoms with Crippen LogP contribution in [0.2, 0.25) is 0 Å². The van der Waals surface area contributed by atoms with Crippen molar-refractivity contribution in [2.75, 3.05) is 20.3 Å². The minimum atomic E-state index is 0.124. The number of nitrogens with two attached hydrogens (primary N) is 1. The molecule has 88 valence electrons. The van der Waals surface area contributed by atoms with Crippen molar-refractivity contribution in [1.29, 1.82) is 0 Å². The molecule has 1 aliphatic rings. The van der Waals surface area contributed by atoms with Gasteiger partial charge in [0.2, 0.25) is 0 Å². The molecular formula is C13H19NO2. The van der Waals surface area contributed by atoms with Crippen LogP contribution in [0.1, 0.15) is 24.4 Å². The summed E-state index contributed by atoms with van der Waals surface area (Å²) in [5.41, 5.74) is 7.32. The van der Waals surface area contributed by atoms with Gasteiger partial charge in [-0.15, -0.1) is 0 Å². The molecule has 0 heterocycles. The number of ether oxygens (including phenoxy) is 2. The SMILES string of the molecule is COCCOc1ccccc1C(N)C1CC1. The third-order valence-corrected chi connectivity index (χ3v) is 2.95. The molecule has 3 heteroatoms. The Hall–Kier alpha value is -1.06. The fourth-order valence-corrected chi connectivity index (χ4v) is 1.83. The van der Waals surface area contributed by atoms with Crippen LogP contribution in [0, 0.1) is 5.92 Å². The Kier molecular flexibility index (Phi) is 3.80. The van der Waals surface area contributed by atoms with E-state index in [4.69, 9.17) is 15.2 Å². The topological polar surface area (TPSA) is 44.5 Å². The van der Waals surface area contributed by atoms with Crippen LogP contribution in [-0.4, -0.2) is 20.3 Å². The first kappa shape index (κ1) is 11.4. The number of para-hydroxylation sites is 1. The normalized spacial score (nSPS) is 17.1. The zero-order chi connectivity index (χ0) is 11.4. The summed E-state index contributed by atoms with van der Waals surface area (Å²) < 4.78 is 10.6. The van der Waals surface area contributed by atoms with Gasteiger partial charge >= 0.3 is 0 Å². The van der Waals surface area contributed by atoms with Gasteiger partial charge in [0.1, 0.15) is 12.4 Å². The van der Waals surface area contributed by atoms with E-state index in [1.165, 1.54) is 12.8 Å². The van der Waals surface area contributed by atoms with E-state index in [0.717, 1.165) is 11.3 Å². The molecule has 2 rings (SSSR count). The van der Waals surface area contributed by atoms with Crippen LogP contribution < -0.4 is 10.5 Å². The zero-order valence-electron chi connectivity index (χ0n) is 9.69. The van der Waals surface area contributed by atoms with E-state index >= 15 is 0 Å². The Labute approximate surface area is 96.5 Å². The van der Waals surface area contributed by atoms with E-state index in [1.54, 1.807) is 7.11 Å². The molecule has 0 saturated heterocycles. The van der Waals surface area contributed by atoms with Crippen LogP contribution in [0.3, 0.4) is 0 Å². The van der Waals surface area contributed by atoms with E-state index in [-0.39, 0.29) is 6.04 Å². The molecular weight excluding hydrogens is 202 g/mol. The molecule has 1 saturated carbocycles. The van der Waals surface area contributed by atoms with Crippen molar-refractivity contribution < 1.29 is 9.47 Å². The molecule has 16 heavy (non-hydrogen) atoms. The van der Waals surface area contributed by atoms with Crippen molar-refractivity contribution in [1.82, 2.24) is 0 Å². The summed E-state index contributed by atoms with van der Waals surface area (Å²) in [5.74, 6) is 1.55. The third kappa shape index (κ3) is 2.74. The average molecular weight is 221 g/mol. The lowest BCUT2D eigenvalue weighted by molar-refractivity contribution is 0.145. The molecule has 1 atom stereocenters. The lowest BCUT2D eigenvalue weighted by Gasteiger charge is -2.16. The van der Waals surface area contributed by atoms with Gasteiger partial charge in [0.25, 0.3) is 0 Å². The lowest BCUT2D eigenvalue weighted by atomic mass is 10.0.